The third kappa shape index (κ3) is 1.97. The lowest BCUT2D eigenvalue weighted by atomic mass is 9.40. The first-order valence-electron chi connectivity index (χ1n) is 8.02. The Morgan fingerprint density at radius 1 is 1.10 bits per heavy atom. The van der Waals surface area contributed by atoms with Crippen molar-refractivity contribution in [1.82, 2.24) is 0 Å². The minimum atomic E-state index is 0.528. The number of hydrogen-bond acceptors (Lipinski definition) is 1. The van der Waals surface area contributed by atoms with Crippen molar-refractivity contribution in [2.24, 2.45) is 22.2 Å². The summed E-state index contributed by atoms with van der Waals surface area (Å²) >= 11 is 6.14. The van der Waals surface area contributed by atoms with Gasteiger partial charge in [0.25, 0.3) is 0 Å². The average molecular weight is 353 g/mol. The van der Waals surface area contributed by atoms with Crippen molar-refractivity contribution in [3.63, 3.8) is 0 Å². The largest absolute Gasteiger partial charge is 0.145 e. The van der Waals surface area contributed by atoms with E-state index in [1.54, 1.807) is 4.88 Å². The molecule has 4 aliphatic rings. The SMILES string of the molecule is Cc1ccc(C(Br)C23CC4CC(C)(CC(C)(C4)C2)C3)s1. The molecule has 0 saturated heterocycles. The van der Waals surface area contributed by atoms with Gasteiger partial charge >= 0.3 is 0 Å². The Labute approximate surface area is 135 Å². The van der Waals surface area contributed by atoms with Crippen LogP contribution in [0.4, 0.5) is 0 Å². The van der Waals surface area contributed by atoms with Gasteiger partial charge in [-0.25, -0.2) is 0 Å². The number of rotatable bonds is 2. The van der Waals surface area contributed by atoms with Crippen molar-refractivity contribution in [2.75, 3.05) is 0 Å². The van der Waals surface area contributed by atoms with Crippen molar-refractivity contribution in [3.05, 3.63) is 21.9 Å². The molecular formula is C18H25BrS. The maximum absolute atomic E-state index is 4.15. The second kappa shape index (κ2) is 4.13. The van der Waals surface area contributed by atoms with Crippen molar-refractivity contribution in [1.29, 1.82) is 0 Å². The van der Waals surface area contributed by atoms with Crippen LogP contribution < -0.4 is 0 Å². The van der Waals surface area contributed by atoms with E-state index in [1.807, 2.05) is 11.3 Å². The van der Waals surface area contributed by atoms with Gasteiger partial charge in [-0.2, -0.15) is 0 Å². The Morgan fingerprint density at radius 3 is 2.25 bits per heavy atom. The first-order chi connectivity index (χ1) is 9.32. The zero-order valence-corrected chi connectivity index (χ0v) is 15.2. The van der Waals surface area contributed by atoms with Gasteiger partial charge in [-0.15, -0.1) is 11.3 Å². The number of thiophene rings is 1. The van der Waals surface area contributed by atoms with E-state index in [1.165, 1.54) is 43.4 Å². The highest BCUT2D eigenvalue weighted by atomic mass is 79.9. The van der Waals surface area contributed by atoms with Gasteiger partial charge in [0.1, 0.15) is 0 Å². The molecule has 4 aliphatic carbocycles. The summed E-state index contributed by atoms with van der Waals surface area (Å²) in [6, 6.07) is 4.65. The summed E-state index contributed by atoms with van der Waals surface area (Å²) in [6.45, 7) is 7.38. The third-order valence-electron chi connectivity index (χ3n) is 6.22. The number of aryl methyl sites for hydroxylation is 1. The predicted molar refractivity (Wildman–Crippen MR) is 90.6 cm³/mol. The molecular weight excluding hydrogens is 328 g/mol. The van der Waals surface area contributed by atoms with Crippen molar-refractivity contribution >= 4 is 27.3 Å². The fraction of sp³-hybridized carbons (Fsp3) is 0.778. The lowest BCUT2D eigenvalue weighted by Crippen LogP contribution is -2.56. The first-order valence-corrected chi connectivity index (χ1v) is 9.75. The van der Waals surface area contributed by atoms with Crippen LogP contribution in [0, 0.1) is 29.1 Å². The Kier molecular flexibility index (Phi) is 2.85. The summed E-state index contributed by atoms with van der Waals surface area (Å²) in [5.74, 6) is 0.988. The molecule has 0 aromatic carbocycles. The van der Waals surface area contributed by atoms with Gasteiger partial charge in [-0.1, -0.05) is 29.8 Å². The van der Waals surface area contributed by atoms with E-state index in [0.717, 1.165) is 5.92 Å². The molecule has 0 radical (unpaired) electrons. The number of halogens is 1. The van der Waals surface area contributed by atoms with Crippen molar-refractivity contribution in [2.45, 2.75) is 64.1 Å². The topological polar surface area (TPSA) is 0 Å². The minimum Gasteiger partial charge on any atom is -0.145 e. The van der Waals surface area contributed by atoms with Crippen LogP contribution in [-0.4, -0.2) is 0 Å². The van der Waals surface area contributed by atoms with Crippen molar-refractivity contribution < 1.29 is 0 Å². The van der Waals surface area contributed by atoms with E-state index in [-0.39, 0.29) is 0 Å². The van der Waals surface area contributed by atoms with Crippen LogP contribution in [0.25, 0.3) is 0 Å². The quantitative estimate of drug-likeness (QED) is 0.533. The molecule has 5 rings (SSSR count). The molecule has 4 bridgehead atoms. The van der Waals surface area contributed by atoms with Crippen LogP contribution in [-0.2, 0) is 0 Å². The minimum absolute atomic E-state index is 0.528. The van der Waals surface area contributed by atoms with Crippen LogP contribution in [0.1, 0.15) is 67.0 Å². The summed E-state index contributed by atoms with van der Waals surface area (Å²) in [5.41, 5.74) is 1.76. The van der Waals surface area contributed by atoms with Gasteiger partial charge in [0.05, 0.1) is 4.83 Å². The highest BCUT2D eigenvalue weighted by Crippen LogP contribution is 2.73. The predicted octanol–water partition coefficient (Wildman–Crippen LogP) is 6.49. The molecule has 110 valence electrons. The summed E-state index contributed by atoms with van der Waals surface area (Å²) in [7, 11) is 0. The Morgan fingerprint density at radius 2 is 1.75 bits per heavy atom. The van der Waals surface area contributed by atoms with Crippen LogP contribution in [0.2, 0.25) is 0 Å². The standard InChI is InChI=1S/C18H25BrS/c1-12-4-5-14(20-12)15(19)18-8-13-6-16(2,10-18)9-17(3,7-13)11-18/h4-5,13,15H,6-11H2,1-3H3. The summed E-state index contributed by atoms with van der Waals surface area (Å²) < 4.78 is 0. The van der Waals surface area contributed by atoms with Crippen LogP contribution >= 0.6 is 27.3 Å². The lowest BCUT2D eigenvalue weighted by Gasteiger charge is -2.66. The molecule has 0 amide bonds. The van der Waals surface area contributed by atoms with E-state index < -0.39 is 0 Å². The molecule has 1 aromatic heterocycles. The van der Waals surface area contributed by atoms with Gasteiger partial charge in [0.15, 0.2) is 0 Å². The highest BCUT2D eigenvalue weighted by molar-refractivity contribution is 9.09. The highest BCUT2D eigenvalue weighted by Gasteiger charge is 2.62. The van der Waals surface area contributed by atoms with E-state index >= 15 is 0 Å². The molecule has 1 aromatic rings. The van der Waals surface area contributed by atoms with E-state index in [2.05, 4.69) is 48.8 Å². The molecule has 3 atom stereocenters. The molecule has 3 unspecified atom stereocenters. The van der Waals surface area contributed by atoms with Gasteiger partial charge < -0.3 is 0 Å². The zero-order chi connectivity index (χ0) is 14.2. The number of alkyl halides is 1. The maximum Gasteiger partial charge on any atom is 0.0545 e. The summed E-state index contributed by atoms with van der Waals surface area (Å²) in [5, 5.41) is 0. The molecule has 1 heterocycles. The molecule has 2 heteroatoms. The molecule has 0 aliphatic heterocycles. The van der Waals surface area contributed by atoms with E-state index in [0.29, 0.717) is 21.1 Å². The molecule has 0 spiro atoms. The van der Waals surface area contributed by atoms with Crippen LogP contribution in [0.5, 0.6) is 0 Å². The number of hydrogen-bond donors (Lipinski definition) is 0. The van der Waals surface area contributed by atoms with Crippen LogP contribution in [0.15, 0.2) is 12.1 Å². The molecule has 4 fully saturated rings. The smallest absolute Gasteiger partial charge is 0.0545 e. The molecule has 4 saturated carbocycles. The van der Waals surface area contributed by atoms with Crippen LogP contribution in [0.3, 0.4) is 0 Å². The molecule has 20 heavy (non-hydrogen) atoms. The lowest BCUT2D eigenvalue weighted by molar-refractivity contribution is -0.144. The Hall–Kier alpha value is 0.180. The third-order valence-corrected chi connectivity index (χ3v) is 9.05. The summed E-state index contributed by atoms with van der Waals surface area (Å²) in [6.07, 6.45) is 8.81. The van der Waals surface area contributed by atoms with Gasteiger partial charge in [0.2, 0.25) is 0 Å². The summed E-state index contributed by atoms with van der Waals surface area (Å²) in [4.78, 5) is 3.60. The van der Waals surface area contributed by atoms with E-state index in [4.69, 9.17) is 0 Å². The monoisotopic (exact) mass is 352 g/mol. The molecule has 0 nitrogen and oxygen atoms in total. The van der Waals surface area contributed by atoms with Gasteiger partial charge in [-0.3, -0.25) is 0 Å². The maximum atomic E-state index is 4.15. The average Bonchev–Trinajstić information content (AvgIpc) is 2.69. The normalized spacial score (nSPS) is 47.7. The fourth-order valence-corrected chi connectivity index (χ4v) is 8.65. The van der Waals surface area contributed by atoms with Gasteiger partial charge in [0, 0.05) is 9.75 Å². The zero-order valence-electron chi connectivity index (χ0n) is 12.8. The fourth-order valence-electron chi connectivity index (χ4n) is 6.71. The Bertz CT molecular complexity index is 527. The molecule has 0 N–H and O–H groups in total. The second-order valence-corrected chi connectivity index (χ2v) is 11.0. The van der Waals surface area contributed by atoms with E-state index in [9.17, 15) is 0 Å². The first kappa shape index (κ1) is 13.8. The van der Waals surface area contributed by atoms with Crippen molar-refractivity contribution in [3.8, 4) is 0 Å². The Balaban J connectivity index is 1.73. The second-order valence-electron chi connectivity index (χ2n) is 8.80. The van der Waals surface area contributed by atoms with Gasteiger partial charge in [-0.05, 0) is 79.7 Å².